The van der Waals surface area contributed by atoms with Crippen LogP contribution in [0.2, 0.25) is 0 Å². The van der Waals surface area contributed by atoms with Crippen LogP contribution in [0, 0.1) is 42.4 Å². The van der Waals surface area contributed by atoms with Crippen LogP contribution in [0.1, 0.15) is 68.1 Å². The Morgan fingerprint density at radius 1 is 1.00 bits per heavy atom. The van der Waals surface area contributed by atoms with E-state index in [-0.39, 0.29) is 24.2 Å². The number of hydrogen-bond donors (Lipinski definition) is 2. The molecule has 228 valence electrons. The van der Waals surface area contributed by atoms with Crippen LogP contribution in [-0.2, 0) is 22.5 Å². The van der Waals surface area contributed by atoms with E-state index in [9.17, 15) is 14.9 Å². The summed E-state index contributed by atoms with van der Waals surface area (Å²) in [4.78, 5) is 37.5. The summed E-state index contributed by atoms with van der Waals surface area (Å²) >= 11 is 0. The standard InChI is InChI=1S/C33H37N7O4/c1-19(2)27(38-32(42)44-33(5,6)7)30(41)40-13-12-26-25(18-40)29(43-28-20(3)14-23(17-35)15-21(28)4)39-31(37-26)36-24-10-8-22(16-34)9-11-24/h8-11,14-15,19,27H,12-13,18H2,1-7H3,(H,38,42)(H,36,37,39)/t27-/m1/s1. The molecule has 1 aromatic heterocycles. The molecule has 11 nitrogen and oxygen atoms in total. The van der Waals surface area contributed by atoms with Gasteiger partial charge >= 0.3 is 6.09 Å². The number of anilines is 2. The average molecular weight is 596 g/mol. The smallest absolute Gasteiger partial charge is 0.408 e. The number of ether oxygens (including phenoxy) is 2. The third-order valence-corrected chi connectivity index (χ3v) is 7.00. The molecule has 2 amide bonds. The van der Waals surface area contributed by atoms with Crippen molar-refractivity contribution in [1.82, 2.24) is 20.2 Å². The number of carbonyl (C=O) groups is 2. The van der Waals surface area contributed by atoms with Crippen molar-refractivity contribution in [1.29, 1.82) is 10.5 Å². The SMILES string of the molecule is Cc1cc(C#N)cc(C)c1Oc1nc(Nc2ccc(C#N)cc2)nc2c1CN(C(=O)[C@H](NC(=O)OC(C)(C)C)C(C)C)CC2. The van der Waals surface area contributed by atoms with E-state index in [0.717, 1.165) is 16.8 Å². The molecule has 1 aliphatic rings. The third kappa shape index (κ3) is 7.61. The Hall–Kier alpha value is -5.16. The molecule has 1 atom stereocenters. The zero-order valence-electron chi connectivity index (χ0n) is 26.1. The number of amides is 2. The summed E-state index contributed by atoms with van der Waals surface area (Å²) in [7, 11) is 0. The molecule has 1 aliphatic heterocycles. The molecule has 0 bridgehead atoms. The molecule has 0 saturated heterocycles. The summed E-state index contributed by atoms with van der Waals surface area (Å²) < 4.78 is 11.8. The summed E-state index contributed by atoms with van der Waals surface area (Å²) in [6.45, 7) is 13.3. The molecular weight excluding hydrogens is 558 g/mol. The van der Waals surface area contributed by atoms with Crippen LogP contribution >= 0.6 is 0 Å². The van der Waals surface area contributed by atoms with Gasteiger partial charge in [0.15, 0.2) is 0 Å². The molecule has 2 N–H and O–H groups in total. The number of nitrogens with zero attached hydrogens (tertiary/aromatic N) is 5. The Kier molecular flexibility index (Phi) is 9.39. The maximum absolute atomic E-state index is 13.8. The van der Waals surface area contributed by atoms with E-state index in [1.165, 1.54) is 0 Å². The average Bonchev–Trinajstić information content (AvgIpc) is 2.96. The topological polar surface area (TPSA) is 153 Å². The minimum atomic E-state index is -0.794. The molecule has 11 heteroatoms. The quantitative estimate of drug-likeness (QED) is 0.345. The lowest BCUT2D eigenvalue weighted by Gasteiger charge is -2.34. The summed E-state index contributed by atoms with van der Waals surface area (Å²) in [5, 5.41) is 24.5. The van der Waals surface area contributed by atoms with Crippen LogP contribution in [-0.4, -0.2) is 45.1 Å². The molecule has 0 radical (unpaired) electrons. The predicted octanol–water partition coefficient (Wildman–Crippen LogP) is 5.81. The normalized spacial score (nSPS) is 13.3. The van der Waals surface area contributed by atoms with Crippen molar-refractivity contribution in [3.63, 3.8) is 0 Å². The lowest BCUT2D eigenvalue weighted by Crippen LogP contribution is -2.53. The fourth-order valence-corrected chi connectivity index (χ4v) is 4.89. The maximum Gasteiger partial charge on any atom is 0.408 e. The number of nitrogens with one attached hydrogen (secondary N) is 2. The van der Waals surface area contributed by atoms with Crippen molar-refractivity contribution in [3.8, 4) is 23.8 Å². The van der Waals surface area contributed by atoms with E-state index in [1.54, 1.807) is 62.1 Å². The number of aromatic nitrogens is 2. The Morgan fingerprint density at radius 2 is 1.64 bits per heavy atom. The van der Waals surface area contributed by atoms with Crippen molar-refractivity contribution < 1.29 is 19.1 Å². The number of fused-ring (bicyclic) bond motifs is 1. The Bertz CT molecular complexity index is 1620. The monoisotopic (exact) mass is 595 g/mol. The van der Waals surface area contributed by atoms with Crippen LogP contribution in [0.4, 0.5) is 16.4 Å². The molecule has 2 aromatic carbocycles. The molecule has 0 unspecified atom stereocenters. The van der Waals surface area contributed by atoms with Gasteiger partial charge in [-0.3, -0.25) is 4.79 Å². The Morgan fingerprint density at radius 3 is 2.20 bits per heavy atom. The van der Waals surface area contributed by atoms with E-state index in [2.05, 4.69) is 22.8 Å². The first-order valence-corrected chi connectivity index (χ1v) is 14.4. The maximum atomic E-state index is 13.8. The first-order chi connectivity index (χ1) is 20.8. The van der Waals surface area contributed by atoms with E-state index in [4.69, 9.17) is 24.7 Å². The summed E-state index contributed by atoms with van der Waals surface area (Å²) in [6.07, 6.45) is -0.218. The molecule has 4 rings (SSSR count). The predicted molar refractivity (Wildman–Crippen MR) is 164 cm³/mol. The number of benzene rings is 2. The number of alkyl carbamates (subject to hydrolysis) is 1. The highest BCUT2D eigenvalue weighted by Gasteiger charge is 2.34. The van der Waals surface area contributed by atoms with Gasteiger partial charge in [-0.15, -0.1) is 0 Å². The second kappa shape index (κ2) is 13.0. The molecule has 0 fully saturated rings. The largest absolute Gasteiger partial charge is 0.444 e. The number of carbonyl (C=O) groups excluding carboxylic acids is 2. The second-order valence-corrected chi connectivity index (χ2v) is 12.1. The first kappa shape index (κ1) is 31.8. The van der Waals surface area contributed by atoms with Gasteiger partial charge in [-0.05, 0) is 88.1 Å². The van der Waals surface area contributed by atoms with Crippen LogP contribution in [0.15, 0.2) is 36.4 Å². The molecule has 0 saturated carbocycles. The number of nitriles is 2. The van der Waals surface area contributed by atoms with E-state index < -0.39 is 17.7 Å². The first-order valence-electron chi connectivity index (χ1n) is 14.4. The van der Waals surface area contributed by atoms with E-state index in [1.807, 2.05) is 27.7 Å². The van der Waals surface area contributed by atoms with Gasteiger partial charge < -0.3 is 25.0 Å². The number of rotatable bonds is 7. The van der Waals surface area contributed by atoms with Crippen LogP contribution < -0.4 is 15.4 Å². The van der Waals surface area contributed by atoms with E-state index in [0.29, 0.717) is 47.0 Å². The Balaban J connectivity index is 1.68. The highest BCUT2D eigenvalue weighted by molar-refractivity contribution is 5.86. The van der Waals surface area contributed by atoms with Gasteiger partial charge in [-0.1, -0.05) is 13.8 Å². The summed E-state index contributed by atoms with van der Waals surface area (Å²) in [5.74, 6) is 0.711. The van der Waals surface area contributed by atoms with Gasteiger partial charge in [0.05, 0.1) is 41.1 Å². The molecular formula is C33H37N7O4. The van der Waals surface area contributed by atoms with Crippen LogP contribution in [0.3, 0.4) is 0 Å². The summed E-state index contributed by atoms with van der Waals surface area (Å²) in [6, 6.07) is 13.9. The molecule has 44 heavy (non-hydrogen) atoms. The fraction of sp³-hybridized carbons (Fsp3) is 0.394. The van der Waals surface area contributed by atoms with Gasteiger partial charge in [0.2, 0.25) is 17.7 Å². The lowest BCUT2D eigenvalue weighted by atomic mass is 10.00. The number of hydrogen-bond acceptors (Lipinski definition) is 9. The van der Waals surface area contributed by atoms with Crippen molar-refractivity contribution in [2.45, 2.75) is 73.1 Å². The highest BCUT2D eigenvalue weighted by atomic mass is 16.6. The molecule has 0 spiro atoms. The third-order valence-electron chi connectivity index (χ3n) is 7.00. The van der Waals surface area contributed by atoms with Crippen LogP contribution in [0.25, 0.3) is 0 Å². The molecule has 3 aromatic rings. The second-order valence-electron chi connectivity index (χ2n) is 12.1. The lowest BCUT2D eigenvalue weighted by molar-refractivity contribution is -0.135. The van der Waals surface area contributed by atoms with E-state index >= 15 is 0 Å². The Labute approximate surface area is 257 Å². The minimum absolute atomic E-state index is 0.175. The van der Waals surface area contributed by atoms with Gasteiger partial charge in [0.1, 0.15) is 17.4 Å². The zero-order valence-corrected chi connectivity index (χ0v) is 26.1. The summed E-state index contributed by atoms with van der Waals surface area (Å²) in [5.41, 5.74) is 3.95. The van der Waals surface area contributed by atoms with Gasteiger partial charge in [-0.25, -0.2) is 9.78 Å². The van der Waals surface area contributed by atoms with Crippen molar-refractivity contribution in [2.24, 2.45) is 5.92 Å². The van der Waals surface area contributed by atoms with Crippen molar-refractivity contribution >= 4 is 23.6 Å². The van der Waals surface area contributed by atoms with Crippen LogP contribution in [0.5, 0.6) is 11.6 Å². The van der Waals surface area contributed by atoms with Crippen molar-refractivity contribution in [2.75, 3.05) is 11.9 Å². The highest BCUT2D eigenvalue weighted by Crippen LogP contribution is 2.35. The van der Waals surface area contributed by atoms with Gasteiger partial charge in [0, 0.05) is 18.7 Å². The molecule has 0 aliphatic carbocycles. The van der Waals surface area contributed by atoms with Gasteiger partial charge in [-0.2, -0.15) is 15.5 Å². The van der Waals surface area contributed by atoms with Crippen molar-refractivity contribution in [3.05, 3.63) is 69.9 Å². The zero-order chi connectivity index (χ0) is 32.2. The molecule has 2 heterocycles. The number of aryl methyl sites for hydroxylation is 2. The minimum Gasteiger partial charge on any atom is -0.444 e. The van der Waals surface area contributed by atoms with Gasteiger partial charge in [0.25, 0.3) is 0 Å². The fourth-order valence-electron chi connectivity index (χ4n) is 4.89.